The number of amides is 3. The van der Waals surface area contributed by atoms with Gasteiger partial charge in [-0.3, -0.25) is 9.59 Å². The highest BCUT2D eigenvalue weighted by Gasteiger charge is 2.60. The van der Waals surface area contributed by atoms with Gasteiger partial charge >= 0.3 is 12.1 Å². The minimum absolute atomic E-state index is 0.00538. The molecular formula is C33H48FN3O6. The number of carboxylic acids is 1. The van der Waals surface area contributed by atoms with Gasteiger partial charge in [0.15, 0.2) is 0 Å². The Bertz CT molecular complexity index is 1220. The van der Waals surface area contributed by atoms with Gasteiger partial charge in [-0.25, -0.2) is 14.0 Å². The van der Waals surface area contributed by atoms with Crippen molar-refractivity contribution in [3.63, 3.8) is 0 Å². The average Bonchev–Trinajstić information content (AvgIpc) is 3.25. The van der Waals surface area contributed by atoms with Crippen LogP contribution in [0.4, 0.5) is 9.18 Å². The number of halogens is 1. The molecule has 238 valence electrons. The molecule has 10 heteroatoms. The van der Waals surface area contributed by atoms with Gasteiger partial charge in [-0.2, -0.15) is 0 Å². The molecule has 4 N–H and O–H groups in total. The third-order valence-corrected chi connectivity index (χ3v) is 10.2. The van der Waals surface area contributed by atoms with Crippen LogP contribution >= 0.6 is 0 Å². The number of alkyl carbamates (subject to hydrolysis) is 1. The van der Waals surface area contributed by atoms with Crippen LogP contribution in [0.1, 0.15) is 114 Å². The van der Waals surface area contributed by atoms with Gasteiger partial charge in [0.05, 0.1) is 5.56 Å². The quantitative estimate of drug-likeness (QED) is 0.371. The molecule has 2 unspecified atom stereocenters. The SMILES string of the molecule is CC(NC(=O)OC(C)(C)C)C1CCC(C(=O)N2CC(c3c(F)cccc3C(=O)O)[C@H](C3CCCCC3)[C@@]2(C)C(N)=O)CC1. The lowest BCUT2D eigenvalue weighted by molar-refractivity contribution is -0.149. The second-order valence-electron chi connectivity index (χ2n) is 14.0. The van der Waals surface area contributed by atoms with Crippen molar-refractivity contribution >= 4 is 23.9 Å². The molecule has 2 aliphatic carbocycles. The molecule has 3 amide bonds. The Balaban J connectivity index is 1.59. The minimum atomic E-state index is -1.38. The first kappa shape index (κ1) is 32.7. The standard InChI is InChI=1S/C33H48FN3O6/c1-19(36-31(42)43-32(2,3)4)20-14-16-22(17-15-20)28(38)37-18-24(26-23(29(39)40)12-9-13-25(26)34)27(33(37,5)30(35)41)21-10-7-6-8-11-21/h9,12-13,19-22,24,27H,6-8,10-11,14-18H2,1-5H3,(H2,35,41)(H,36,42)(H,39,40)/t19?,20?,22?,24?,27-,33-/m0/s1. The summed E-state index contributed by atoms with van der Waals surface area (Å²) in [6.07, 6.45) is 6.71. The molecule has 3 aliphatic rings. The zero-order valence-electron chi connectivity index (χ0n) is 26.2. The summed E-state index contributed by atoms with van der Waals surface area (Å²) in [5, 5.41) is 12.9. The van der Waals surface area contributed by atoms with Crippen molar-refractivity contribution in [2.24, 2.45) is 29.4 Å². The van der Waals surface area contributed by atoms with Gasteiger partial charge in [-0.1, -0.05) is 38.2 Å². The number of carbonyl (C=O) groups excluding carboxylic acids is 3. The van der Waals surface area contributed by atoms with E-state index in [0.717, 1.165) is 32.1 Å². The molecule has 1 aromatic carbocycles. The summed E-state index contributed by atoms with van der Waals surface area (Å²) >= 11 is 0. The molecule has 0 radical (unpaired) electrons. The number of benzene rings is 1. The van der Waals surface area contributed by atoms with Crippen molar-refractivity contribution in [1.82, 2.24) is 10.2 Å². The maximum atomic E-state index is 15.5. The first-order valence-corrected chi connectivity index (χ1v) is 15.8. The summed E-state index contributed by atoms with van der Waals surface area (Å²) in [7, 11) is 0. The molecule has 0 spiro atoms. The van der Waals surface area contributed by atoms with E-state index in [1.54, 1.807) is 11.8 Å². The number of primary amides is 1. The number of nitrogens with one attached hydrogen (secondary N) is 1. The van der Waals surface area contributed by atoms with Crippen LogP contribution in [0.5, 0.6) is 0 Å². The summed E-state index contributed by atoms with van der Waals surface area (Å²) in [5.41, 5.74) is 4.05. The molecule has 0 aromatic heterocycles. The summed E-state index contributed by atoms with van der Waals surface area (Å²) in [4.78, 5) is 53.7. The predicted molar refractivity (Wildman–Crippen MR) is 160 cm³/mol. The molecule has 3 fully saturated rings. The highest BCUT2D eigenvalue weighted by atomic mass is 19.1. The zero-order valence-corrected chi connectivity index (χ0v) is 26.2. The fraction of sp³-hybridized carbons (Fsp3) is 0.697. The maximum absolute atomic E-state index is 15.5. The number of likely N-dealkylation sites (tertiary alicyclic amines) is 1. The van der Waals surface area contributed by atoms with Crippen LogP contribution in [0, 0.1) is 29.5 Å². The summed E-state index contributed by atoms with van der Waals surface area (Å²) in [6, 6.07) is 3.88. The predicted octanol–water partition coefficient (Wildman–Crippen LogP) is 5.61. The fourth-order valence-corrected chi connectivity index (χ4v) is 8.04. The second-order valence-corrected chi connectivity index (χ2v) is 14.0. The van der Waals surface area contributed by atoms with E-state index < -0.39 is 46.8 Å². The number of hydrogen-bond acceptors (Lipinski definition) is 5. The summed E-state index contributed by atoms with van der Waals surface area (Å²) in [5.74, 6) is -4.07. The van der Waals surface area contributed by atoms with Gasteiger partial charge in [-0.15, -0.1) is 0 Å². The zero-order chi connectivity index (χ0) is 31.7. The molecule has 4 rings (SSSR count). The van der Waals surface area contributed by atoms with Crippen molar-refractivity contribution in [3.8, 4) is 0 Å². The molecule has 1 aromatic rings. The molecule has 1 heterocycles. The second kappa shape index (κ2) is 12.8. The van der Waals surface area contributed by atoms with Gasteiger partial charge in [0.1, 0.15) is 17.0 Å². The van der Waals surface area contributed by atoms with Crippen molar-refractivity contribution in [1.29, 1.82) is 0 Å². The average molecular weight is 602 g/mol. The van der Waals surface area contributed by atoms with E-state index in [1.165, 1.54) is 18.2 Å². The highest BCUT2D eigenvalue weighted by Crippen LogP contribution is 2.53. The lowest BCUT2D eigenvalue weighted by Gasteiger charge is -2.43. The Morgan fingerprint density at radius 2 is 1.70 bits per heavy atom. The van der Waals surface area contributed by atoms with Gasteiger partial charge in [0.2, 0.25) is 11.8 Å². The number of aromatic carboxylic acids is 1. The summed E-state index contributed by atoms with van der Waals surface area (Å²) < 4.78 is 20.9. The number of ether oxygens (including phenoxy) is 1. The Labute approximate surface area is 254 Å². The topological polar surface area (TPSA) is 139 Å². The van der Waals surface area contributed by atoms with Crippen molar-refractivity contribution < 1.29 is 33.4 Å². The number of carboxylic acid groups (broad SMARTS) is 1. The number of nitrogens with two attached hydrogens (primary N) is 1. The summed E-state index contributed by atoms with van der Waals surface area (Å²) in [6.45, 7) is 9.11. The molecule has 43 heavy (non-hydrogen) atoms. The Morgan fingerprint density at radius 3 is 2.26 bits per heavy atom. The van der Waals surface area contributed by atoms with Crippen LogP contribution in [0.3, 0.4) is 0 Å². The number of rotatable bonds is 7. The van der Waals surface area contributed by atoms with E-state index in [9.17, 15) is 24.3 Å². The minimum Gasteiger partial charge on any atom is -0.478 e. The van der Waals surface area contributed by atoms with E-state index in [-0.39, 0.29) is 47.4 Å². The molecule has 2 saturated carbocycles. The normalized spacial score (nSPS) is 29.1. The van der Waals surface area contributed by atoms with E-state index in [0.29, 0.717) is 25.7 Å². The van der Waals surface area contributed by atoms with E-state index in [1.807, 2.05) is 27.7 Å². The van der Waals surface area contributed by atoms with E-state index in [4.69, 9.17) is 10.5 Å². The monoisotopic (exact) mass is 601 g/mol. The maximum Gasteiger partial charge on any atom is 0.407 e. The van der Waals surface area contributed by atoms with Crippen LogP contribution in [-0.4, -0.2) is 57.6 Å². The van der Waals surface area contributed by atoms with Gasteiger partial charge in [0, 0.05) is 35.9 Å². The van der Waals surface area contributed by atoms with Crippen molar-refractivity contribution in [2.45, 2.75) is 116 Å². The van der Waals surface area contributed by atoms with Crippen molar-refractivity contribution in [3.05, 3.63) is 35.1 Å². The molecule has 1 saturated heterocycles. The van der Waals surface area contributed by atoms with Gasteiger partial charge in [-0.05, 0) is 84.3 Å². The third kappa shape index (κ3) is 6.83. The lowest BCUT2D eigenvalue weighted by Crippen LogP contribution is -2.60. The molecule has 9 nitrogen and oxygen atoms in total. The molecule has 1 aliphatic heterocycles. The highest BCUT2D eigenvalue weighted by molar-refractivity contribution is 5.93. The van der Waals surface area contributed by atoms with Gasteiger partial charge < -0.3 is 25.8 Å². The van der Waals surface area contributed by atoms with Crippen LogP contribution in [0.25, 0.3) is 0 Å². The van der Waals surface area contributed by atoms with Crippen LogP contribution in [0.2, 0.25) is 0 Å². The van der Waals surface area contributed by atoms with Crippen LogP contribution in [0.15, 0.2) is 18.2 Å². The fourth-order valence-electron chi connectivity index (χ4n) is 8.04. The smallest absolute Gasteiger partial charge is 0.407 e. The van der Waals surface area contributed by atoms with Crippen molar-refractivity contribution in [2.75, 3.05) is 6.54 Å². The Hall–Kier alpha value is -3.17. The Kier molecular flexibility index (Phi) is 9.76. The first-order chi connectivity index (χ1) is 20.1. The van der Waals surface area contributed by atoms with Crippen LogP contribution in [-0.2, 0) is 14.3 Å². The van der Waals surface area contributed by atoms with E-state index >= 15 is 4.39 Å². The number of carbonyl (C=O) groups is 4. The molecular weight excluding hydrogens is 553 g/mol. The first-order valence-electron chi connectivity index (χ1n) is 15.8. The number of nitrogens with zero attached hydrogens (tertiary/aromatic N) is 1. The molecule has 4 atom stereocenters. The van der Waals surface area contributed by atoms with Crippen LogP contribution < -0.4 is 11.1 Å². The Morgan fingerprint density at radius 1 is 1.07 bits per heavy atom. The number of hydrogen-bond donors (Lipinski definition) is 3. The molecule has 0 bridgehead atoms. The van der Waals surface area contributed by atoms with Gasteiger partial charge in [0.25, 0.3) is 0 Å². The lowest BCUT2D eigenvalue weighted by atomic mass is 9.65. The largest absolute Gasteiger partial charge is 0.478 e. The third-order valence-electron chi connectivity index (χ3n) is 10.2. The van der Waals surface area contributed by atoms with E-state index in [2.05, 4.69) is 5.32 Å².